The van der Waals surface area contributed by atoms with Crippen LogP contribution in [0.25, 0.3) is 0 Å². The third kappa shape index (κ3) is 7.49. The first-order chi connectivity index (χ1) is 16.8. The minimum absolute atomic E-state index is 0.127. The van der Waals surface area contributed by atoms with Crippen LogP contribution in [0, 0.1) is 5.92 Å². The van der Waals surface area contributed by atoms with Crippen LogP contribution >= 0.6 is 11.8 Å². The number of amides is 1. The molecule has 0 aliphatic rings. The van der Waals surface area contributed by atoms with Gasteiger partial charge in [-0.3, -0.25) is 4.79 Å². The summed E-state index contributed by atoms with van der Waals surface area (Å²) in [4.78, 5) is 12.7. The predicted molar refractivity (Wildman–Crippen MR) is 141 cm³/mol. The maximum absolute atomic E-state index is 12.7. The molecule has 0 saturated carbocycles. The molecule has 0 aliphatic heterocycles. The third-order valence-corrected chi connectivity index (χ3v) is 6.28. The molecule has 3 rings (SSSR count). The van der Waals surface area contributed by atoms with Crippen molar-refractivity contribution in [3.05, 3.63) is 59.9 Å². The zero-order chi connectivity index (χ0) is 25.4. The minimum atomic E-state index is -0.285. The van der Waals surface area contributed by atoms with Crippen LogP contribution in [-0.2, 0) is 11.3 Å². The lowest BCUT2D eigenvalue weighted by Crippen LogP contribution is -2.17. The summed E-state index contributed by atoms with van der Waals surface area (Å²) < 4.78 is 13.8. The number of aromatic nitrogens is 3. The van der Waals surface area contributed by atoms with E-state index in [2.05, 4.69) is 59.9 Å². The first-order valence-electron chi connectivity index (χ1n) is 12.1. The molecule has 1 heterocycles. The van der Waals surface area contributed by atoms with Gasteiger partial charge in [-0.2, -0.15) is 0 Å². The van der Waals surface area contributed by atoms with Crippen LogP contribution in [0.15, 0.2) is 53.7 Å². The van der Waals surface area contributed by atoms with Gasteiger partial charge in [0.2, 0.25) is 5.91 Å². The van der Waals surface area contributed by atoms with E-state index >= 15 is 0 Å². The number of benzene rings is 2. The Morgan fingerprint density at radius 2 is 1.74 bits per heavy atom. The number of para-hydroxylation sites is 2. The van der Waals surface area contributed by atoms with E-state index in [9.17, 15) is 4.79 Å². The van der Waals surface area contributed by atoms with E-state index < -0.39 is 0 Å². The van der Waals surface area contributed by atoms with Crippen molar-refractivity contribution in [3.8, 4) is 11.5 Å². The molecule has 0 spiro atoms. The van der Waals surface area contributed by atoms with E-state index in [4.69, 9.17) is 9.47 Å². The molecule has 0 radical (unpaired) electrons. The number of carbonyl (C=O) groups excluding carboxylic acids is 1. The molecule has 7 nitrogen and oxygen atoms in total. The Hall–Kier alpha value is -3.00. The summed E-state index contributed by atoms with van der Waals surface area (Å²) in [6.07, 6.45) is -0.285. The van der Waals surface area contributed by atoms with Crippen molar-refractivity contribution in [1.82, 2.24) is 14.8 Å². The van der Waals surface area contributed by atoms with Crippen LogP contribution in [0.1, 0.15) is 65.0 Å². The lowest BCUT2D eigenvalue weighted by Gasteiger charge is -2.18. The van der Waals surface area contributed by atoms with Gasteiger partial charge < -0.3 is 19.4 Å². The Bertz CT molecular complexity index is 1100. The van der Waals surface area contributed by atoms with E-state index in [1.54, 1.807) is 0 Å². The van der Waals surface area contributed by atoms with Gasteiger partial charge in [-0.25, -0.2) is 0 Å². The van der Waals surface area contributed by atoms with Crippen LogP contribution < -0.4 is 14.8 Å². The maximum Gasteiger partial charge on any atom is 0.234 e. The number of nitrogens with one attached hydrogen (secondary N) is 1. The zero-order valence-electron chi connectivity index (χ0n) is 21.4. The second-order valence-corrected chi connectivity index (χ2v) is 10.0. The summed E-state index contributed by atoms with van der Waals surface area (Å²) in [6.45, 7) is 13.8. The summed E-state index contributed by atoms with van der Waals surface area (Å²) in [5, 5.41) is 12.4. The molecule has 1 atom stereocenters. The maximum atomic E-state index is 12.7. The molecule has 1 amide bonds. The minimum Gasteiger partial charge on any atom is -0.492 e. The number of hydrogen-bond donors (Lipinski definition) is 1. The van der Waals surface area contributed by atoms with Gasteiger partial charge in [-0.1, -0.05) is 63.7 Å². The van der Waals surface area contributed by atoms with Crippen LogP contribution in [0.2, 0.25) is 0 Å². The van der Waals surface area contributed by atoms with E-state index in [0.717, 1.165) is 18.1 Å². The highest BCUT2D eigenvalue weighted by atomic mass is 32.2. The highest BCUT2D eigenvalue weighted by molar-refractivity contribution is 7.99. The van der Waals surface area contributed by atoms with Crippen molar-refractivity contribution < 1.29 is 14.3 Å². The molecule has 1 N–H and O–H groups in total. The number of thioether (sulfide) groups is 1. The van der Waals surface area contributed by atoms with Gasteiger partial charge in [0.05, 0.1) is 18.0 Å². The van der Waals surface area contributed by atoms with Gasteiger partial charge in [0, 0.05) is 6.54 Å². The molecule has 1 aromatic heterocycles. The standard InChI is InChI=1S/C27H36N4O3S/c1-7-33-24-11-9-8-10-23(24)28-25(32)17-35-27-30-29-26(31(27)16-18(2)3)20(6)34-22-14-12-21(13-15-22)19(4)5/h8-15,18-20H,7,16-17H2,1-6H3,(H,28,32). The second-order valence-electron chi connectivity index (χ2n) is 9.10. The SMILES string of the molecule is CCOc1ccccc1NC(=O)CSc1nnc(C(C)Oc2ccc(C(C)C)cc2)n1CC(C)C. The van der Waals surface area contributed by atoms with Gasteiger partial charge in [-0.15, -0.1) is 10.2 Å². The molecule has 0 saturated heterocycles. The summed E-state index contributed by atoms with van der Waals surface area (Å²) in [5.74, 6) is 3.14. The summed E-state index contributed by atoms with van der Waals surface area (Å²) in [6, 6.07) is 15.6. The van der Waals surface area contributed by atoms with Gasteiger partial charge in [0.1, 0.15) is 11.5 Å². The number of rotatable bonds is 12. The summed E-state index contributed by atoms with van der Waals surface area (Å²) in [5.41, 5.74) is 1.93. The third-order valence-electron chi connectivity index (χ3n) is 5.31. The van der Waals surface area contributed by atoms with Crippen LogP contribution in [0.5, 0.6) is 11.5 Å². The highest BCUT2D eigenvalue weighted by Gasteiger charge is 2.21. The molecular formula is C27H36N4O3S. The highest BCUT2D eigenvalue weighted by Crippen LogP contribution is 2.28. The quantitative estimate of drug-likeness (QED) is 0.295. The number of anilines is 1. The number of carbonyl (C=O) groups is 1. The molecule has 8 heteroatoms. The largest absolute Gasteiger partial charge is 0.492 e. The molecule has 0 aliphatic carbocycles. The lowest BCUT2D eigenvalue weighted by atomic mass is 10.0. The van der Waals surface area contributed by atoms with Crippen molar-refractivity contribution in [2.24, 2.45) is 5.92 Å². The predicted octanol–water partition coefficient (Wildman–Crippen LogP) is 6.33. The fourth-order valence-electron chi connectivity index (χ4n) is 3.60. The second kappa shape index (κ2) is 12.6. The average molecular weight is 497 g/mol. The Labute approximate surface area is 212 Å². The van der Waals surface area contributed by atoms with Crippen LogP contribution in [0.4, 0.5) is 5.69 Å². The molecule has 35 heavy (non-hydrogen) atoms. The first-order valence-corrected chi connectivity index (χ1v) is 13.1. The summed E-state index contributed by atoms with van der Waals surface area (Å²) in [7, 11) is 0. The molecule has 2 aromatic carbocycles. The van der Waals surface area contributed by atoms with Crippen LogP contribution in [0.3, 0.4) is 0 Å². The Morgan fingerprint density at radius 1 is 1.03 bits per heavy atom. The van der Waals surface area contributed by atoms with E-state index in [0.29, 0.717) is 35.0 Å². The first kappa shape index (κ1) is 26.6. The van der Waals surface area contributed by atoms with Gasteiger partial charge in [-0.05, 0) is 55.5 Å². The van der Waals surface area contributed by atoms with Crippen LogP contribution in [-0.4, -0.2) is 33.0 Å². The van der Waals surface area contributed by atoms with Gasteiger partial charge >= 0.3 is 0 Å². The molecular weight excluding hydrogens is 460 g/mol. The lowest BCUT2D eigenvalue weighted by molar-refractivity contribution is -0.113. The number of ether oxygens (including phenoxy) is 2. The van der Waals surface area contributed by atoms with Crippen molar-refractivity contribution in [1.29, 1.82) is 0 Å². The molecule has 0 fully saturated rings. The molecule has 0 bridgehead atoms. The van der Waals surface area contributed by atoms with Crippen molar-refractivity contribution in [2.75, 3.05) is 17.7 Å². The molecule has 188 valence electrons. The van der Waals surface area contributed by atoms with E-state index in [1.165, 1.54) is 17.3 Å². The van der Waals surface area contributed by atoms with Crippen molar-refractivity contribution in [2.45, 2.75) is 65.3 Å². The normalized spacial score (nSPS) is 12.1. The van der Waals surface area contributed by atoms with E-state index in [-0.39, 0.29) is 17.8 Å². The zero-order valence-corrected chi connectivity index (χ0v) is 22.3. The Kier molecular flexibility index (Phi) is 9.60. The van der Waals surface area contributed by atoms with E-state index in [1.807, 2.05) is 50.2 Å². The Balaban J connectivity index is 1.69. The van der Waals surface area contributed by atoms with Gasteiger partial charge in [0.15, 0.2) is 17.1 Å². The topological polar surface area (TPSA) is 78.3 Å². The fraction of sp³-hybridized carbons (Fsp3) is 0.444. The number of hydrogen-bond acceptors (Lipinski definition) is 6. The van der Waals surface area contributed by atoms with Crippen molar-refractivity contribution in [3.63, 3.8) is 0 Å². The van der Waals surface area contributed by atoms with Gasteiger partial charge in [0.25, 0.3) is 0 Å². The molecule has 1 unspecified atom stereocenters. The molecule has 3 aromatic rings. The number of nitrogens with zero attached hydrogens (tertiary/aromatic N) is 3. The monoisotopic (exact) mass is 496 g/mol. The Morgan fingerprint density at radius 3 is 2.40 bits per heavy atom. The van der Waals surface area contributed by atoms with Crippen molar-refractivity contribution >= 4 is 23.4 Å². The summed E-state index contributed by atoms with van der Waals surface area (Å²) >= 11 is 1.37. The average Bonchev–Trinajstić information content (AvgIpc) is 3.21. The smallest absolute Gasteiger partial charge is 0.234 e. The fourth-order valence-corrected chi connectivity index (χ4v) is 4.35.